The molecule has 1 N–H and O–H groups in total. The Bertz CT molecular complexity index is 400. The minimum Gasteiger partial charge on any atom is -0.317 e. The third kappa shape index (κ3) is 6.48. The van der Waals surface area contributed by atoms with E-state index in [0.29, 0.717) is 12.5 Å². The van der Waals surface area contributed by atoms with E-state index in [2.05, 4.69) is 5.32 Å². The third-order valence-electron chi connectivity index (χ3n) is 3.94. The zero-order valence-electron chi connectivity index (χ0n) is 12.2. The second kappa shape index (κ2) is 7.80. The predicted molar refractivity (Wildman–Crippen MR) is 78.0 cm³/mol. The van der Waals surface area contributed by atoms with Crippen LogP contribution in [-0.2, 0) is 6.54 Å². The molecule has 1 aliphatic rings. The van der Waals surface area contributed by atoms with Crippen LogP contribution in [0.15, 0.2) is 30.3 Å². The Morgan fingerprint density at radius 3 is 2.38 bits per heavy atom. The van der Waals surface area contributed by atoms with Gasteiger partial charge in [0.15, 0.2) is 0 Å². The molecule has 0 amide bonds. The Labute approximate surface area is 124 Å². The molecular formula is C16H23F3N2. The molecule has 0 saturated carbocycles. The van der Waals surface area contributed by atoms with Crippen molar-refractivity contribution in [3.05, 3.63) is 35.9 Å². The maximum atomic E-state index is 12.5. The quantitative estimate of drug-likeness (QED) is 0.866. The molecule has 0 unspecified atom stereocenters. The number of benzene rings is 1. The Morgan fingerprint density at radius 2 is 1.76 bits per heavy atom. The largest absolute Gasteiger partial charge is 0.390 e. The van der Waals surface area contributed by atoms with Crippen LogP contribution in [0.2, 0.25) is 0 Å². The second-order valence-corrected chi connectivity index (χ2v) is 5.78. The fourth-order valence-corrected chi connectivity index (χ4v) is 2.79. The molecule has 1 heterocycles. The van der Waals surface area contributed by atoms with Crippen molar-refractivity contribution in [1.82, 2.24) is 10.2 Å². The molecule has 0 atom stereocenters. The van der Waals surface area contributed by atoms with Gasteiger partial charge < -0.3 is 5.32 Å². The van der Waals surface area contributed by atoms with E-state index in [1.165, 1.54) is 0 Å². The van der Waals surface area contributed by atoms with E-state index in [4.69, 9.17) is 0 Å². The van der Waals surface area contributed by atoms with E-state index in [-0.39, 0.29) is 6.54 Å². The summed E-state index contributed by atoms with van der Waals surface area (Å²) in [6.45, 7) is 3.39. The fraction of sp³-hybridized carbons (Fsp3) is 0.625. The number of hydrogen-bond acceptors (Lipinski definition) is 2. The monoisotopic (exact) mass is 300 g/mol. The van der Waals surface area contributed by atoms with Gasteiger partial charge in [0.2, 0.25) is 0 Å². The zero-order chi connectivity index (χ0) is 15.1. The van der Waals surface area contributed by atoms with Crippen molar-refractivity contribution in [2.45, 2.75) is 32.0 Å². The number of alkyl halides is 3. The number of halogens is 3. The molecule has 2 nitrogen and oxygen atoms in total. The smallest absolute Gasteiger partial charge is 0.317 e. The van der Waals surface area contributed by atoms with E-state index in [1.54, 1.807) is 0 Å². The van der Waals surface area contributed by atoms with Gasteiger partial charge >= 0.3 is 6.18 Å². The highest BCUT2D eigenvalue weighted by atomic mass is 19.4. The molecule has 0 spiro atoms. The maximum absolute atomic E-state index is 12.5. The minimum atomic E-state index is -4.08. The van der Waals surface area contributed by atoms with Crippen LogP contribution in [0.25, 0.3) is 0 Å². The lowest BCUT2D eigenvalue weighted by Crippen LogP contribution is -2.37. The molecule has 0 bridgehead atoms. The van der Waals surface area contributed by atoms with E-state index in [9.17, 15) is 13.2 Å². The number of nitrogens with zero attached hydrogens (tertiary/aromatic N) is 1. The predicted octanol–water partition coefficient (Wildman–Crippen LogP) is 3.44. The van der Waals surface area contributed by atoms with Gasteiger partial charge in [0, 0.05) is 19.6 Å². The maximum Gasteiger partial charge on any atom is 0.390 e. The molecule has 118 valence electrons. The summed E-state index contributed by atoms with van der Waals surface area (Å²) in [5.74, 6) is 0.503. The van der Waals surface area contributed by atoms with Crippen molar-refractivity contribution in [1.29, 1.82) is 0 Å². The number of piperidine rings is 1. The lowest BCUT2D eigenvalue weighted by atomic mass is 9.97. The van der Waals surface area contributed by atoms with Crippen molar-refractivity contribution in [3.63, 3.8) is 0 Å². The standard InChI is InChI=1S/C16H23F3N2/c17-16(18,19)8-11-21(12-14-4-2-1-3-5-14)13-15-6-9-20-10-7-15/h1-5,15,20H,6-13H2. The minimum absolute atomic E-state index is 0.0856. The van der Waals surface area contributed by atoms with Crippen molar-refractivity contribution in [2.75, 3.05) is 26.2 Å². The first-order valence-electron chi connectivity index (χ1n) is 7.57. The summed E-state index contributed by atoms with van der Waals surface area (Å²) in [4.78, 5) is 1.96. The highest BCUT2D eigenvalue weighted by Gasteiger charge is 2.28. The Balaban J connectivity index is 1.92. The van der Waals surface area contributed by atoms with Crippen molar-refractivity contribution >= 4 is 0 Å². The SMILES string of the molecule is FC(F)(F)CCN(Cc1ccccc1)CC1CCNCC1. The summed E-state index contributed by atoms with van der Waals surface area (Å²) in [6, 6.07) is 9.74. The number of hydrogen-bond donors (Lipinski definition) is 1. The summed E-state index contributed by atoms with van der Waals surface area (Å²) in [6.07, 6.45) is -2.71. The highest BCUT2D eigenvalue weighted by Crippen LogP contribution is 2.22. The summed E-state index contributed by atoms with van der Waals surface area (Å²) < 4.78 is 37.5. The Morgan fingerprint density at radius 1 is 1.10 bits per heavy atom. The molecule has 21 heavy (non-hydrogen) atoms. The van der Waals surface area contributed by atoms with E-state index in [0.717, 1.165) is 38.0 Å². The average Bonchev–Trinajstić information content (AvgIpc) is 2.46. The summed E-state index contributed by atoms with van der Waals surface area (Å²) in [5, 5.41) is 3.30. The van der Waals surface area contributed by atoms with Gasteiger partial charge in [0.1, 0.15) is 0 Å². The molecule has 0 radical (unpaired) electrons. The van der Waals surface area contributed by atoms with Crippen molar-refractivity contribution in [2.24, 2.45) is 5.92 Å². The molecule has 0 aromatic heterocycles. The molecule has 0 aliphatic carbocycles. The topological polar surface area (TPSA) is 15.3 Å². The molecule has 1 saturated heterocycles. The lowest BCUT2D eigenvalue weighted by molar-refractivity contribution is -0.138. The van der Waals surface area contributed by atoms with Crippen LogP contribution in [-0.4, -0.2) is 37.3 Å². The van der Waals surface area contributed by atoms with Gasteiger partial charge in [0.05, 0.1) is 6.42 Å². The first-order chi connectivity index (χ1) is 10.0. The van der Waals surface area contributed by atoms with E-state index < -0.39 is 12.6 Å². The first-order valence-corrected chi connectivity index (χ1v) is 7.57. The third-order valence-corrected chi connectivity index (χ3v) is 3.94. The van der Waals surface area contributed by atoms with Crippen LogP contribution in [0.4, 0.5) is 13.2 Å². The van der Waals surface area contributed by atoms with Crippen molar-refractivity contribution in [3.8, 4) is 0 Å². The first kappa shape index (κ1) is 16.3. The van der Waals surface area contributed by atoms with Gasteiger partial charge in [-0.05, 0) is 37.4 Å². The van der Waals surface area contributed by atoms with Crippen LogP contribution in [0.3, 0.4) is 0 Å². The molecule has 5 heteroatoms. The molecule has 1 fully saturated rings. The van der Waals surface area contributed by atoms with Crippen LogP contribution in [0, 0.1) is 5.92 Å². The fourth-order valence-electron chi connectivity index (χ4n) is 2.79. The Hall–Kier alpha value is -1.07. The zero-order valence-corrected chi connectivity index (χ0v) is 12.2. The van der Waals surface area contributed by atoms with Crippen LogP contribution in [0.1, 0.15) is 24.8 Å². The van der Waals surface area contributed by atoms with Gasteiger partial charge in [-0.3, -0.25) is 4.90 Å². The van der Waals surface area contributed by atoms with E-state index in [1.807, 2.05) is 35.2 Å². The van der Waals surface area contributed by atoms with Crippen LogP contribution in [0.5, 0.6) is 0 Å². The van der Waals surface area contributed by atoms with Gasteiger partial charge in [-0.2, -0.15) is 13.2 Å². The lowest BCUT2D eigenvalue weighted by Gasteiger charge is -2.30. The summed E-state index contributed by atoms with van der Waals surface area (Å²) >= 11 is 0. The average molecular weight is 300 g/mol. The Kier molecular flexibility index (Phi) is 6.06. The normalized spacial score (nSPS) is 17.3. The van der Waals surface area contributed by atoms with E-state index >= 15 is 0 Å². The van der Waals surface area contributed by atoms with Crippen LogP contribution < -0.4 is 5.32 Å². The van der Waals surface area contributed by atoms with Crippen molar-refractivity contribution < 1.29 is 13.2 Å². The highest BCUT2D eigenvalue weighted by molar-refractivity contribution is 5.14. The summed E-state index contributed by atoms with van der Waals surface area (Å²) in [7, 11) is 0. The molecule has 1 aromatic carbocycles. The molecule has 1 aliphatic heterocycles. The second-order valence-electron chi connectivity index (χ2n) is 5.78. The molecule has 2 rings (SSSR count). The number of rotatable bonds is 6. The van der Waals surface area contributed by atoms with Gasteiger partial charge in [-0.15, -0.1) is 0 Å². The van der Waals surface area contributed by atoms with Gasteiger partial charge in [-0.25, -0.2) is 0 Å². The number of nitrogens with one attached hydrogen (secondary N) is 1. The molecular weight excluding hydrogens is 277 g/mol. The summed E-state index contributed by atoms with van der Waals surface area (Å²) in [5.41, 5.74) is 1.08. The van der Waals surface area contributed by atoms with Gasteiger partial charge in [0.25, 0.3) is 0 Å². The van der Waals surface area contributed by atoms with Crippen LogP contribution >= 0.6 is 0 Å². The molecule has 1 aromatic rings. The van der Waals surface area contributed by atoms with Gasteiger partial charge in [-0.1, -0.05) is 30.3 Å².